The molecule has 2 amide bonds. The molecule has 0 spiro atoms. The van der Waals surface area contributed by atoms with E-state index in [4.69, 9.17) is 0 Å². The average Bonchev–Trinajstić information content (AvgIpc) is 2.67. The van der Waals surface area contributed by atoms with Crippen LogP contribution in [0.5, 0.6) is 0 Å². The predicted octanol–water partition coefficient (Wildman–Crippen LogP) is 4.11. The molecule has 1 saturated heterocycles. The molecule has 0 aliphatic carbocycles. The molecule has 2 rings (SSSR count). The Hall–Kier alpha value is -1.72. The first-order valence-electron chi connectivity index (χ1n) is 6.70. The molecular formula is C14H17F3N2O. The Bertz CT molecular complexity index is 466. The van der Waals surface area contributed by atoms with Gasteiger partial charge in [-0.05, 0) is 31.0 Å². The van der Waals surface area contributed by atoms with Gasteiger partial charge < -0.3 is 10.2 Å². The van der Waals surface area contributed by atoms with E-state index in [9.17, 15) is 18.0 Å². The van der Waals surface area contributed by atoms with Gasteiger partial charge in [-0.3, -0.25) is 0 Å². The van der Waals surface area contributed by atoms with E-state index in [0.29, 0.717) is 13.1 Å². The Kier molecular flexibility index (Phi) is 4.52. The second-order valence-corrected chi connectivity index (χ2v) is 4.91. The topological polar surface area (TPSA) is 32.3 Å². The lowest BCUT2D eigenvalue weighted by atomic mass is 10.2. The lowest BCUT2D eigenvalue weighted by Gasteiger charge is -2.21. The molecule has 110 valence electrons. The molecule has 1 aromatic rings. The lowest BCUT2D eigenvalue weighted by Crippen LogP contribution is -2.35. The maximum atomic E-state index is 12.6. The van der Waals surface area contributed by atoms with Gasteiger partial charge in [0.2, 0.25) is 0 Å². The van der Waals surface area contributed by atoms with Crippen LogP contribution < -0.4 is 5.32 Å². The molecule has 1 N–H and O–H groups in total. The fourth-order valence-electron chi connectivity index (χ4n) is 2.25. The molecule has 0 atom stereocenters. The summed E-state index contributed by atoms with van der Waals surface area (Å²) in [6.07, 6.45) is -0.337. The summed E-state index contributed by atoms with van der Waals surface area (Å²) in [7, 11) is 0. The molecule has 3 nitrogen and oxygen atoms in total. The van der Waals surface area contributed by atoms with Crippen LogP contribution in [-0.2, 0) is 6.18 Å². The van der Waals surface area contributed by atoms with Gasteiger partial charge in [0.05, 0.1) is 5.56 Å². The standard InChI is InChI=1S/C14H17F3N2O/c15-14(16,17)11-6-5-7-12(10-11)18-13(20)19-8-3-1-2-4-9-19/h5-7,10H,1-4,8-9H2,(H,18,20). The monoisotopic (exact) mass is 286 g/mol. The number of benzene rings is 1. The summed E-state index contributed by atoms with van der Waals surface area (Å²) in [5.41, 5.74) is -0.583. The van der Waals surface area contributed by atoms with E-state index in [1.54, 1.807) is 4.90 Å². The van der Waals surface area contributed by atoms with E-state index in [-0.39, 0.29) is 11.7 Å². The number of halogens is 3. The van der Waals surface area contributed by atoms with E-state index in [2.05, 4.69) is 5.32 Å². The smallest absolute Gasteiger partial charge is 0.325 e. The van der Waals surface area contributed by atoms with Crippen LogP contribution in [0, 0.1) is 0 Å². The van der Waals surface area contributed by atoms with Crippen molar-refractivity contribution in [2.75, 3.05) is 18.4 Å². The quantitative estimate of drug-likeness (QED) is 0.827. The summed E-state index contributed by atoms with van der Waals surface area (Å²) in [5, 5.41) is 2.54. The Balaban J connectivity index is 2.03. The van der Waals surface area contributed by atoms with Gasteiger partial charge in [0, 0.05) is 18.8 Å². The highest BCUT2D eigenvalue weighted by Crippen LogP contribution is 2.30. The number of nitrogens with zero attached hydrogens (tertiary/aromatic N) is 1. The van der Waals surface area contributed by atoms with Crippen LogP contribution in [-0.4, -0.2) is 24.0 Å². The number of likely N-dealkylation sites (tertiary alicyclic amines) is 1. The summed E-state index contributed by atoms with van der Waals surface area (Å²) in [5.74, 6) is 0. The van der Waals surface area contributed by atoms with E-state index < -0.39 is 11.7 Å². The number of carbonyl (C=O) groups excluding carboxylic acids is 1. The first-order chi connectivity index (χ1) is 9.47. The summed E-state index contributed by atoms with van der Waals surface area (Å²) >= 11 is 0. The van der Waals surface area contributed by atoms with Gasteiger partial charge >= 0.3 is 12.2 Å². The highest BCUT2D eigenvalue weighted by atomic mass is 19.4. The number of carbonyl (C=O) groups is 1. The van der Waals surface area contributed by atoms with Gasteiger partial charge in [0.15, 0.2) is 0 Å². The van der Waals surface area contributed by atoms with Crippen LogP contribution in [0.15, 0.2) is 24.3 Å². The van der Waals surface area contributed by atoms with E-state index in [0.717, 1.165) is 37.8 Å². The minimum Gasteiger partial charge on any atom is -0.325 e. The molecular weight excluding hydrogens is 269 g/mol. The summed E-state index contributed by atoms with van der Waals surface area (Å²) in [4.78, 5) is 13.7. The van der Waals surface area contributed by atoms with E-state index in [1.165, 1.54) is 12.1 Å². The molecule has 1 aliphatic rings. The Morgan fingerprint density at radius 3 is 2.35 bits per heavy atom. The maximum absolute atomic E-state index is 12.6. The normalized spacial score (nSPS) is 16.6. The van der Waals surface area contributed by atoms with Crippen molar-refractivity contribution >= 4 is 11.7 Å². The van der Waals surface area contributed by atoms with Gasteiger partial charge in [-0.15, -0.1) is 0 Å². The predicted molar refractivity (Wildman–Crippen MR) is 70.5 cm³/mol. The fourth-order valence-corrected chi connectivity index (χ4v) is 2.25. The van der Waals surface area contributed by atoms with Crippen molar-refractivity contribution in [2.45, 2.75) is 31.9 Å². The number of anilines is 1. The van der Waals surface area contributed by atoms with Crippen LogP contribution in [0.4, 0.5) is 23.7 Å². The van der Waals surface area contributed by atoms with Crippen molar-refractivity contribution in [3.05, 3.63) is 29.8 Å². The largest absolute Gasteiger partial charge is 0.416 e. The maximum Gasteiger partial charge on any atom is 0.416 e. The molecule has 1 fully saturated rings. The number of amides is 2. The fraction of sp³-hybridized carbons (Fsp3) is 0.500. The van der Waals surface area contributed by atoms with Crippen LogP contribution >= 0.6 is 0 Å². The first-order valence-corrected chi connectivity index (χ1v) is 6.70. The van der Waals surface area contributed by atoms with Crippen molar-refractivity contribution in [1.82, 2.24) is 4.90 Å². The van der Waals surface area contributed by atoms with Gasteiger partial charge in [0.25, 0.3) is 0 Å². The van der Waals surface area contributed by atoms with Crippen molar-refractivity contribution in [1.29, 1.82) is 0 Å². The van der Waals surface area contributed by atoms with Gasteiger partial charge in [-0.2, -0.15) is 13.2 Å². The minimum absolute atomic E-state index is 0.175. The third kappa shape index (κ3) is 3.88. The Morgan fingerprint density at radius 2 is 1.75 bits per heavy atom. The summed E-state index contributed by atoms with van der Waals surface area (Å²) in [6.45, 7) is 1.32. The number of nitrogens with one attached hydrogen (secondary N) is 1. The first kappa shape index (κ1) is 14.7. The van der Waals surface area contributed by atoms with Crippen molar-refractivity contribution in [3.8, 4) is 0 Å². The molecule has 0 radical (unpaired) electrons. The third-order valence-electron chi connectivity index (χ3n) is 3.33. The molecule has 1 aromatic carbocycles. The van der Waals surface area contributed by atoms with Gasteiger partial charge in [-0.25, -0.2) is 4.79 Å². The summed E-state index contributed by atoms with van der Waals surface area (Å²) < 4.78 is 37.8. The molecule has 20 heavy (non-hydrogen) atoms. The Labute approximate surface area is 115 Å². The zero-order valence-electron chi connectivity index (χ0n) is 11.0. The van der Waals surface area contributed by atoms with Crippen LogP contribution in [0.2, 0.25) is 0 Å². The third-order valence-corrected chi connectivity index (χ3v) is 3.33. The number of alkyl halides is 3. The van der Waals surface area contributed by atoms with E-state index in [1.807, 2.05) is 0 Å². The molecule has 0 aromatic heterocycles. The second-order valence-electron chi connectivity index (χ2n) is 4.91. The molecule has 6 heteroatoms. The molecule has 0 saturated carbocycles. The molecule has 1 aliphatic heterocycles. The molecule has 0 unspecified atom stereocenters. The number of rotatable bonds is 1. The zero-order valence-corrected chi connectivity index (χ0v) is 11.0. The summed E-state index contributed by atoms with van der Waals surface area (Å²) in [6, 6.07) is 4.37. The van der Waals surface area contributed by atoms with Crippen LogP contribution in [0.3, 0.4) is 0 Å². The minimum atomic E-state index is -4.40. The van der Waals surface area contributed by atoms with Crippen LogP contribution in [0.1, 0.15) is 31.2 Å². The average molecular weight is 286 g/mol. The SMILES string of the molecule is O=C(Nc1cccc(C(F)(F)F)c1)N1CCCCCC1. The molecule has 0 bridgehead atoms. The number of urea groups is 1. The van der Waals surface area contributed by atoms with Crippen LogP contribution in [0.25, 0.3) is 0 Å². The molecule has 1 heterocycles. The Morgan fingerprint density at radius 1 is 1.10 bits per heavy atom. The second kappa shape index (κ2) is 6.15. The lowest BCUT2D eigenvalue weighted by molar-refractivity contribution is -0.137. The number of hydrogen-bond donors (Lipinski definition) is 1. The van der Waals surface area contributed by atoms with Gasteiger partial charge in [0.1, 0.15) is 0 Å². The highest BCUT2D eigenvalue weighted by Gasteiger charge is 2.30. The zero-order chi connectivity index (χ0) is 14.6. The van der Waals surface area contributed by atoms with Gasteiger partial charge in [-0.1, -0.05) is 18.9 Å². The van der Waals surface area contributed by atoms with E-state index >= 15 is 0 Å². The van der Waals surface area contributed by atoms with Crippen molar-refractivity contribution < 1.29 is 18.0 Å². The van der Waals surface area contributed by atoms with Crippen molar-refractivity contribution in [3.63, 3.8) is 0 Å². The highest BCUT2D eigenvalue weighted by molar-refractivity contribution is 5.89. The number of hydrogen-bond acceptors (Lipinski definition) is 1. The van der Waals surface area contributed by atoms with Crippen molar-refractivity contribution in [2.24, 2.45) is 0 Å².